The van der Waals surface area contributed by atoms with Gasteiger partial charge in [-0.3, -0.25) is 4.90 Å². The summed E-state index contributed by atoms with van der Waals surface area (Å²) in [6.07, 6.45) is 1.41. The predicted molar refractivity (Wildman–Crippen MR) is 55.9 cm³/mol. The van der Waals surface area contributed by atoms with E-state index in [1.165, 1.54) is 32.6 Å². The molecule has 2 saturated heterocycles. The van der Waals surface area contributed by atoms with E-state index in [0.717, 1.165) is 0 Å². The fourth-order valence-electron chi connectivity index (χ4n) is 2.86. The first-order valence-corrected chi connectivity index (χ1v) is 5.35. The molecule has 0 aromatic carbocycles. The lowest BCUT2D eigenvalue weighted by Gasteiger charge is -2.47. The Morgan fingerprint density at radius 2 is 1.69 bits per heavy atom. The number of likely N-dealkylation sites (tertiary alicyclic amines) is 2. The van der Waals surface area contributed by atoms with Crippen molar-refractivity contribution in [3.05, 3.63) is 0 Å². The second kappa shape index (κ2) is 2.71. The highest BCUT2D eigenvalue weighted by Crippen LogP contribution is 2.40. The molecule has 0 atom stereocenters. The molecule has 2 heterocycles. The lowest BCUT2D eigenvalue weighted by Crippen LogP contribution is -2.56. The Kier molecular flexibility index (Phi) is 1.97. The average Bonchev–Trinajstić information content (AvgIpc) is 2.29. The van der Waals surface area contributed by atoms with Gasteiger partial charge in [-0.2, -0.15) is 0 Å². The molecule has 0 aromatic rings. The van der Waals surface area contributed by atoms with Crippen LogP contribution < -0.4 is 0 Å². The minimum Gasteiger partial charge on any atom is -0.305 e. The number of hydrogen-bond donors (Lipinski definition) is 0. The van der Waals surface area contributed by atoms with Crippen LogP contribution in [-0.2, 0) is 0 Å². The van der Waals surface area contributed by atoms with Gasteiger partial charge < -0.3 is 4.90 Å². The summed E-state index contributed by atoms with van der Waals surface area (Å²) in [6, 6.07) is 0. The van der Waals surface area contributed by atoms with Gasteiger partial charge in [0.25, 0.3) is 0 Å². The van der Waals surface area contributed by atoms with Gasteiger partial charge in [-0.15, -0.1) is 0 Å². The van der Waals surface area contributed by atoms with E-state index in [1.807, 2.05) is 0 Å². The maximum Gasteiger partial charge on any atom is 0.0125 e. The average molecular weight is 182 g/mol. The van der Waals surface area contributed by atoms with Crippen molar-refractivity contribution >= 4 is 0 Å². The highest BCUT2D eigenvalue weighted by molar-refractivity contribution is 5.02. The summed E-state index contributed by atoms with van der Waals surface area (Å²) in [5.74, 6) is 0. The molecule has 2 aliphatic heterocycles. The summed E-state index contributed by atoms with van der Waals surface area (Å²) in [4.78, 5) is 5.08. The molecule has 0 aliphatic carbocycles. The van der Waals surface area contributed by atoms with Crippen LogP contribution in [0, 0.1) is 5.41 Å². The molecule has 0 unspecified atom stereocenters. The molecule has 2 aliphatic rings. The topological polar surface area (TPSA) is 6.48 Å². The van der Waals surface area contributed by atoms with Gasteiger partial charge in [-0.25, -0.2) is 0 Å². The van der Waals surface area contributed by atoms with Crippen LogP contribution in [0.15, 0.2) is 0 Å². The van der Waals surface area contributed by atoms with E-state index in [2.05, 4.69) is 37.6 Å². The summed E-state index contributed by atoms with van der Waals surface area (Å²) >= 11 is 0. The Morgan fingerprint density at radius 3 is 2.08 bits per heavy atom. The van der Waals surface area contributed by atoms with Crippen molar-refractivity contribution in [1.82, 2.24) is 9.80 Å². The molecule has 1 spiro atoms. The molecular formula is C11H22N2. The van der Waals surface area contributed by atoms with Gasteiger partial charge in [0.05, 0.1) is 0 Å². The van der Waals surface area contributed by atoms with Crippen molar-refractivity contribution in [3.8, 4) is 0 Å². The summed E-state index contributed by atoms with van der Waals surface area (Å²) in [5, 5.41) is 0. The molecule has 2 nitrogen and oxygen atoms in total. The first kappa shape index (κ1) is 9.47. The molecule has 76 valence electrons. The van der Waals surface area contributed by atoms with Crippen LogP contribution in [0.4, 0.5) is 0 Å². The summed E-state index contributed by atoms with van der Waals surface area (Å²) in [5.41, 5.74) is 1.04. The van der Waals surface area contributed by atoms with Crippen LogP contribution in [0.5, 0.6) is 0 Å². The van der Waals surface area contributed by atoms with Gasteiger partial charge in [0.1, 0.15) is 0 Å². The van der Waals surface area contributed by atoms with E-state index < -0.39 is 0 Å². The van der Waals surface area contributed by atoms with Gasteiger partial charge in [-0.1, -0.05) is 0 Å². The Morgan fingerprint density at radius 1 is 1.08 bits per heavy atom. The second-order valence-corrected chi connectivity index (χ2v) is 6.01. The first-order chi connectivity index (χ1) is 5.91. The van der Waals surface area contributed by atoms with Crippen LogP contribution in [0.25, 0.3) is 0 Å². The fraction of sp³-hybridized carbons (Fsp3) is 1.00. The predicted octanol–water partition coefficient (Wildman–Crippen LogP) is 1.42. The normalized spacial score (nSPS) is 29.5. The van der Waals surface area contributed by atoms with Crippen LogP contribution in [-0.4, -0.2) is 48.6 Å². The van der Waals surface area contributed by atoms with Gasteiger partial charge in [0.15, 0.2) is 0 Å². The zero-order valence-electron chi connectivity index (χ0n) is 9.43. The van der Waals surface area contributed by atoms with Crippen molar-refractivity contribution in [2.45, 2.75) is 32.7 Å². The molecule has 0 saturated carbocycles. The van der Waals surface area contributed by atoms with Crippen LogP contribution in [0.2, 0.25) is 0 Å². The standard InChI is InChI=1S/C11H22N2/c1-10(2,3)13-6-5-11(9-13)7-12(4)8-11/h5-9H2,1-4H3. The lowest BCUT2D eigenvalue weighted by molar-refractivity contribution is 0.0205. The zero-order valence-corrected chi connectivity index (χ0v) is 9.43. The molecule has 13 heavy (non-hydrogen) atoms. The van der Waals surface area contributed by atoms with E-state index in [9.17, 15) is 0 Å². The molecule has 2 fully saturated rings. The number of hydrogen-bond acceptors (Lipinski definition) is 2. The monoisotopic (exact) mass is 182 g/mol. The van der Waals surface area contributed by atoms with Crippen LogP contribution >= 0.6 is 0 Å². The van der Waals surface area contributed by atoms with Crippen molar-refractivity contribution < 1.29 is 0 Å². The largest absolute Gasteiger partial charge is 0.305 e. The quantitative estimate of drug-likeness (QED) is 0.559. The smallest absolute Gasteiger partial charge is 0.0125 e. The highest BCUT2D eigenvalue weighted by Gasteiger charge is 2.47. The van der Waals surface area contributed by atoms with E-state index in [-0.39, 0.29) is 0 Å². The molecule has 0 amide bonds. The molecule has 0 aromatic heterocycles. The minimum absolute atomic E-state index is 0.373. The molecular weight excluding hydrogens is 160 g/mol. The van der Waals surface area contributed by atoms with Crippen LogP contribution in [0.3, 0.4) is 0 Å². The fourth-order valence-corrected chi connectivity index (χ4v) is 2.86. The Bertz CT molecular complexity index is 199. The minimum atomic E-state index is 0.373. The third-order valence-electron chi connectivity index (χ3n) is 3.60. The van der Waals surface area contributed by atoms with E-state index in [4.69, 9.17) is 0 Å². The maximum atomic E-state index is 2.64. The SMILES string of the molecule is CN1CC2(CCN(C(C)(C)C)C2)C1. The molecule has 2 rings (SSSR count). The van der Waals surface area contributed by atoms with Gasteiger partial charge in [0, 0.05) is 30.6 Å². The molecule has 0 N–H and O–H groups in total. The van der Waals surface area contributed by atoms with E-state index in [0.29, 0.717) is 11.0 Å². The Balaban J connectivity index is 1.95. The summed E-state index contributed by atoms with van der Waals surface area (Å²) < 4.78 is 0. The second-order valence-electron chi connectivity index (χ2n) is 6.01. The molecule has 0 bridgehead atoms. The van der Waals surface area contributed by atoms with E-state index >= 15 is 0 Å². The molecule has 2 heteroatoms. The van der Waals surface area contributed by atoms with Gasteiger partial charge in [0.2, 0.25) is 0 Å². The summed E-state index contributed by atoms with van der Waals surface area (Å²) in [7, 11) is 2.23. The lowest BCUT2D eigenvalue weighted by atomic mass is 9.79. The van der Waals surface area contributed by atoms with Crippen molar-refractivity contribution in [1.29, 1.82) is 0 Å². The van der Waals surface area contributed by atoms with Gasteiger partial charge in [-0.05, 0) is 40.8 Å². The zero-order chi connectivity index (χ0) is 9.69. The number of rotatable bonds is 0. The Hall–Kier alpha value is -0.0800. The third kappa shape index (κ3) is 1.62. The summed E-state index contributed by atoms with van der Waals surface area (Å²) in [6.45, 7) is 12.2. The maximum absolute atomic E-state index is 2.64. The van der Waals surface area contributed by atoms with Gasteiger partial charge >= 0.3 is 0 Å². The van der Waals surface area contributed by atoms with Crippen LogP contribution in [0.1, 0.15) is 27.2 Å². The Labute approximate surface area is 81.9 Å². The van der Waals surface area contributed by atoms with Crippen molar-refractivity contribution in [2.24, 2.45) is 5.41 Å². The van der Waals surface area contributed by atoms with Crippen molar-refractivity contribution in [3.63, 3.8) is 0 Å². The third-order valence-corrected chi connectivity index (χ3v) is 3.60. The highest BCUT2D eigenvalue weighted by atomic mass is 15.3. The van der Waals surface area contributed by atoms with Crippen molar-refractivity contribution in [2.75, 3.05) is 33.2 Å². The molecule has 0 radical (unpaired) electrons. The van der Waals surface area contributed by atoms with E-state index in [1.54, 1.807) is 0 Å². The first-order valence-electron chi connectivity index (χ1n) is 5.35. The number of nitrogens with zero attached hydrogens (tertiary/aromatic N) is 2.